The molecule has 0 radical (unpaired) electrons. The van der Waals surface area contributed by atoms with E-state index in [9.17, 15) is 14.9 Å². The maximum Gasteiger partial charge on any atom is 0.317 e. The normalized spacial score (nSPS) is 27.5. The van der Waals surface area contributed by atoms with Gasteiger partial charge in [-0.2, -0.15) is 0 Å². The lowest BCUT2D eigenvalue weighted by Crippen LogP contribution is -2.56. The minimum atomic E-state index is -0.770. The Hall–Kier alpha value is -1.99. The van der Waals surface area contributed by atoms with Crippen LogP contribution < -0.4 is 5.32 Å². The summed E-state index contributed by atoms with van der Waals surface area (Å²) < 4.78 is 0. The molecule has 0 heterocycles. The van der Waals surface area contributed by atoms with Gasteiger partial charge in [0.2, 0.25) is 0 Å². The zero-order valence-corrected chi connectivity index (χ0v) is 15.8. The van der Waals surface area contributed by atoms with E-state index in [0.29, 0.717) is 24.0 Å². The predicted molar refractivity (Wildman–Crippen MR) is 103 cm³/mol. The van der Waals surface area contributed by atoms with E-state index in [1.54, 1.807) is 12.1 Å². The first-order valence-corrected chi connectivity index (χ1v) is 9.92. The molecule has 2 saturated carbocycles. The summed E-state index contributed by atoms with van der Waals surface area (Å²) in [6.07, 6.45) is 6.06. The minimum Gasteiger partial charge on any atom is -0.480 e. The number of aliphatic carboxylic acids is 1. The van der Waals surface area contributed by atoms with Crippen molar-refractivity contribution in [3.05, 3.63) is 39.9 Å². The summed E-state index contributed by atoms with van der Waals surface area (Å²) in [5.41, 5.74) is 1.05. The third-order valence-electron chi connectivity index (χ3n) is 6.15. The third kappa shape index (κ3) is 4.84. The Kier molecular flexibility index (Phi) is 6.44. The summed E-state index contributed by atoms with van der Waals surface area (Å²) in [4.78, 5) is 24.0. The van der Waals surface area contributed by atoms with Gasteiger partial charge in [-0.15, -0.1) is 0 Å². The van der Waals surface area contributed by atoms with Crippen LogP contribution in [0.4, 0.5) is 5.69 Å². The van der Waals surface area contributed by atoms with Gasteiger partial charge in [0, 0.05) is 29.8 Å². The largest absolute Gasteiger partial charge is 0.480 e. The molecule has 0 amide bonds. The van der Waals surface area contributed by atoms with Crippen LogP contribution in [0.1, 0.15) is 44.6 Å². The summed E-state index contributed by atoms with van der Waals surface area (Å²) in [6, 6.07) is 8.22. The van der Waals surface area contributed by atoms with Gasteiger partial charge >= 0.3 is 5.97 Å². The van der Waals surface area contributed by atoms with Crippen molar-refractivity contribution >= 4 is 11.7 Å². The predicted octanol–water partition coefficient (Wildman–Crippen LogP) is 2.83. The fourth-order valence-electron chi connectivity index (χ4n) is 4.64. The van der Waals surface area contributed by atoms with Crippen molar-refractivity contribution in [1.29, 1.82) is 0 Å². The summed E-state index contributed by atoms with van der Waals surface area (Å²) in [5.74, 6) is -0.347. The van der Waals surface area contributed by atoms with Crippen molar-refractivity contribution in [2.75, 3.05) is 13.1 Å². The Morgan fingerprint density at radius 2 is 2.07 bits per heavy atom. The molecule has 0 aromatic heterocycles. The van der Waals surface area contributed by atoms with E-state index < -0.39 is 5.97 Å². The van der Waals surface area contributed by atoms with Gasteiger partial charge in [0.15, 0.2) is 0 Å². The lowest BCUT2D eigenvalue weighted by Gasteiger charge is -2.44. The van der Waals surface area contributed by atoms with Crippen LogP contribution in [0.5, 0.6) is 0 Å². The molecule has 7 nitrogen and oxygen atoms in total. The first-order valence-electron chi connectivity index (χ1n) is 9.92. The van der Waals surface area contributed by atoms with E-state index in [-0.39, 0.29) is 17.2 Å². The zero-order valence-electron chi connectivity index (χ0n) is 15.8. The van der Waals surface area contributed by atoms with Crippen molar-refractivity contribution < 1.29 is 14.8 Å². The van der Waals surface area contributed by atoms with Crippen molar-refractivity contribution in [2.24, 2.45) is 5.92 Å². The lowest BCUT2D eigenvalue weighted by molar-refractivity contribution is -0.385. The second kappa shape index (κ2) is 8.80. The quantitative estimate of drug-likeness (QED) is 0.509. The molecule has 2 N–H and O–H groups in total. The SMILES string of the molecule is CCN(CC(=O)O)C1CC(NC2CCCC2Cc2ccccc2[N+](=O)[O-])C1. The molecular weight excluding hydrogens is 346 g/mol. The smallest absolute Gasteiger partial charge is 0.317 e. The highest BCUT2D eigenvalue weighted by Gasteiger charge is 2.37. The van der Waals surface area contributed by atoms with Crippen LogP contribution in [0.25, 0.3) is 0 Å². The van der Waals surface area contributed by atoms with E-state index >= 15 is 0 Å². The first kappa shape index (κ1) is 19.8. The monoisotopic (exact) mass is 375 g/mol. The number of benzene rings is 1. The molecule has 2 aliphatic rings. The second-order valence-electron chi connectivity index (χ2n) is 7.83. The number of nitro groups is 1. The average molecular weight is 375 g/mol. The highest BCUT2D eigenvalue weighted by molar-refractivity contribution is 5.69. The number of likely N-dealkylation sites (N-methyl/N-ethyl adjacent to an activating group) is 1. The Balaban J connectivity index is 1.53. The highest BCUT2D eigenvalue weighted by Crippen LogP contribution is 2.34. The van der Waals surface area contributed by atoms with Crippen LogP contribution in [0.15, 0.2) is 24.3 Å². The molecule has 0 aliphatic heterocycles. The average Bonchev–Trinajstić information content (AvgIpc) is 3.03. The number of carbonyl (C=O) groups is 1. The molecule has 2 aliphatic carbocycles. The van der Waals surface area contributed by atoms with Gasteiger partial charge in [-0.05, 0) is 44.6 Å². The Bertz CT molecular complexity index is 675. The summed E-state index contributed by atoms with van der Waals surface area (Å²) in [7, 11) is 0. The summed E-state index contributed by atoms with van der Waals surface area (Å²) in [6.45, 7) is 2.87. The molecule has 0 bridgehead atoms. The zero-order chi connectivity index (χ0) is 19.4. The highest BCUT2D eigenvalue weighted by atomic mass is 16.6. The molecule has 0 saturated heterocycles. The fraction of sp³-hybridized carbons (Fsp3) is 0.650. The van der Waals surface area contributed by atoms with Crippen LogP contribution in [0.2, 0.25) is 0 Å². The van der Waals surface area contributed by atoms with Crippen LogP contribution in [-0.2, 0) is 11.2 Å². The molecule has 2 atom stereocenters. The van der Waals surface area contributed by atoms with Crippen molar-refractivity contribution in [3.8, 4) is 0 Å². The van der Waals surface area contributed by atoms with E-state index in [4.69, 9.17) is 5.11 Å². The number of nitrogens with one attached hydrogen (secondary N) is 1. The number of nitro benzene ring substituents is 1. The maximum absolute atomic E-state index is 11.3. The molecule has 3 rings (SSSR count). The lowest BCUT2D eigenvalue weighted by atomic mass is 9.83. The number of hydrogen-bond acceptors (Lipinski definition) is 5. The fourth-order valence-corrected chi connectivity index (χ4v) is 4.64. The van der Waals surface area contributed by atoms with E-state index in [0.717, 1.165) is 50.6 Å². The summed E-state index contributed by atoms with van der Waals surface area (Å²) >= 11 is 0. The van der Waals surface area contributed by atoms with Crippen molar-refractivity contribution in [2.45, 2.75) is 63.6 Å². The van der Waals surface area contributed by atoms with Gasteiger partial charge in [-0.3, -0.25) is 19.8 Å². The number of carboxylic acids is 1. The third-order valence-corrected chi connectivity index (χ3v) is 6.15. The number of nitrogens with zero attached hydrogens (tertiary/aromatic N) is 2. The van der Waals surface area contributed by atoms with Crippen molar-refractivity contribution in [1.82, 2.24) is 10.2 Å². The number of rotatable bonds is 9. The van der Waals surface area contributed by atoms with Crippen LogP contribution >= 0.6 is 0 Å². The molecule has 148 valence electrons. The van der Waals surface area contributed by atoms with Gasteiger partial charge < -0.3 is 10.4 Å². The Morgan fingerprint density at radius 3 is 2.74 bits per heavy atom. The van der Waals surface area contributed by atoms with E-state index in [1.807, 2.05) is 24.0 Å². The topological polar surface area (TPSA) is 95.7 Å². The van der Waals surface area contributed by atoms with Gasteiger partial charge in [-0.25, -0.2) is 0 Å². The second-order valence-corrected chi connectivity index (χ2v) is 7.83. The molecule has 0 spiro atoms. The van der Waals surface area contributed by atoms with E-state index in [2.05, 4.69) is 5.32 Å². The first-order chi connectivity index (χ1) is 13.0. The molecule has 1 aromatic carbocycles. The number of hydrogen-bond donors (Lipinski definition) is 2. The standard InChI is InChI=1S/C20H29N3O4/c1-2-22(13-20(24)25)17-11-16(12-17)21-18-8-5-7-14(18)10-15-6-3-4-9-19(15)23(26)27/h3-4,6,9,14,16-18,21H,2,5,7-8,10-13H2,1H3,(H,24,25). The maximum atomic E-state index is 11.3. The van der Waals surface area contributed by atoms with Gasteiger partial charge in [0.1, 0.15) is 0 Å². The van der Waals surface area contributed by atoms with Crippen molar-refractivity contribution in [3.63, 3.8) is 0 Å². The van der Waals surface area contributed by atoms with Crippen LogP contribution in [-0.4, -0.2) is 52.1 Å². The molecular formula is C20H29N3O4. The number of carboxylic acid groups (broad SMARTS) is 1. The Labute approximate surface area is 159 Å². The molecule has 7 heteroatoms. The van der Waals surface area contributed by atoms with Crippen LogP contribution in [0.3, 0.4) is 0 Å². The molecule has 2 unspecified atom stereocenters. The molecule has 1 aromatic rings. The van der Waals surface area contributed by atoms with Gasteiger partial charge in [0.05, 0.1) is 11.5 Å². The Morgan fingerprint density at radius 1 is 1.33 bits per heavy atom. The minimum absolute atomic E-state index is 0.109. The van der Waals surface area contributed by atoms with Crippen LogP contribution in [0, 0.1) is 16.0 Å². The van der Waals surface area contributed by atoms with Gasteiger partial charge in [0.25, 0.3) is 5.69 Å². The molecule has 27 heavy (non-hydrogen) atoms. The summed E-state index contributed by atoms with van der Waals surface area (Å²) in [5, 5.41) is 24.0. The number of para-hydroxylation sites is 1. The van der Waals surface area contributed by atoms with E-state index in [1.165, 1.54) is 0 Å². The molecule has 2 fully saturated rings. The van der Waals surface area contributed by atoms with Gasteiger partial charge in [-0.1, -0.05) is 31.5 Å².